The van der Waals surface area contributed by atoms with Crippen molar-refractivity contribution in [1.82, 2.24) is 20.3 Å². The Morgan fingerprint density at radius 3 is 2.69 bits per heavy atom. The first-order chi connectivity index (χ1) is 12.7. The molecule has 128 valence electrons. The number of H-pyrrole nitrogens is 1. The van der Waals surface area contributed by atoms with Crippen LogP contribution in [0.25, 0.3) is 11.0 Å². The van der Waals surface area contributed by atoms with Crippen LogP contribution in [-0.4, -0.2) is 20.9 Å². The molecule has 0 radical (unpaired) electrons. The van der Waals surface area contributed by atoms with Gasteiger partial charge in [-0.3, -0.25) is 9.78 Å². The number of aromatic amines is 1. The summed E-state index contributed by atoms with van der Waals surface area (Å²) < 4.78 is 0. The van der Waals surface area contributed by atoms with Gasteiger partial charge in [0.25, 0.3) is 5.91 Å². The maximum absolute atomic E-state index is 12.7. The highest BCUT2D eigenvalue weighted by Gasteiger charge is 2.21. The molecular weight excluding hydrogens is 324 g/mol. The van der Waals surface area contributed by atoms with Gasteiger partial charge in [0.2, 0.25) is 0 Å². The van der Waals surface area contributed by atoms with E-state index in [1.807, 2.05) is 49.4 Å². The molecule has 2 aromatic carbocycles. The van der Waals surface area contributed by atoms with Crippen LogP contribution in [0.4, 0.5) is 0 Å². The minimum Gasteiger partial charge on any atom is -0.340 e. The van der Waals surface area contributed by atoms with Crippen LogP contribution in [0, 0.1) is 6.92 Å². The second-order valence-electron chi connectivity index (χ2n) is 6.20. The molecular formula is C21H18N4O. The summed E-state index contributed by atoms with van der Waals surface area (Å²) in [5.41, 5.74) is 4.46. The van der Waals surface area contributed by atoms with Crippen LogP contribution in [0.15, 0.2) is 73.1 Å². The lowest BCUT2D eigenvalue weighted by atomic mass is 10.1. The molecule has 2 aromatic heterocycles. The lowest BCUT2D eigenvalue weighted by molar-refractivity contribution is 0.0941. The van der Waals surface area contributed by atoms with E-state index in [1.165, 1.54) is 0 Å². The molecule has 1 amide bonds. The molecule has 4 aromatic rings. The lowest BCUT2D eigenvalue weighted by Gasteiger charge is -2.17. The smallest absolute Gasteiger partial charge is 0.253 e. The van der Waals surface area contributed by atoms with Gasteiger partial charge >= 0.3 is 0 Å². The van der Waals surface area contributed by atoms with Crippen molar-refractivity contribution < 1.29 is 4.79 Å². The number of carbonyl (C=O) groups excluding carboxylic acids is 1. The summed E-state index contributed by atoms with van der Waals surface area (Å²) in [6.45, 7) is 2.04. The average molecular weight is 342 g/mol. The third-order valence-electron chi connectivity index (χ3n) is 4.26. The number of hydrogen-bond donors (Lipinski definition) is 2. The van der Waals surface area contributed by atoms with Gasteiger partial charge in [-0.2, -0.15) is 0 Å². The van der Waals surface area contributed by atoms with Crippen LogP contribution in [0.1, 0.15) is 33.4 Å². The molecule has 2 N–H and O–H groups in total. The molecule has 1 unspecified atom stereocenters. The number of imidazole rings is 1. The summed E-state index contributed by atoms with van der Waals surface area (Å²) in [6, 6.07) is 19.0. The number of benzene rings is 2. The van der Waals surface area contributed by atoms with Crippen molar-refractivity contribution >= 4 is 16.9 Å². The zero-order valence-corrected chi connectivity index (χ0v) is 14.3. The molecule has 5 nitrogen and oxygen atoms in total. The highest BCUT2D eigenvalue weighted by atomic mass is 16.1. The van der Waals surface area contributed by atoms with E-state index in [-0.39, 0.29) is 11.9 Å². The maximum atomic E-state index is 12.7. The summed E-state index contributed by atoms with van der Waals surface area (Å²) in [5, 5.41) is 3.07. The number of rotatable bonds is 4. The molecule has 0 spiro atoms. The predicted molar refractivity (Wildman–Crippen MR) is 101 cm³/mol. The standard InChI is InChI=1S/C21H18N4O/c1-14-9-10-17-18(12-14)24-20(23-17)19(15-6-3-2-4-7-15)25-21(26)16-8-5-11-22-13-16/h2-13,19H,1H3,(H,23,24)(H,25,26). The first-order valence-electron chi connectivity index (χ1n) is 8.43. The minimum absolute atomic E-state index is 0.191. The Hall–Kier alpha value is -3.47. The zero-order valence-electron chi connectivity index (χ0n) is 14.3. The van der Waals surface area contributed by atoms with Gasteiger partial charge in [0.1, 0.15) is 11.9 Å². The van der Waals surface area contributed by atoms with E-state index in [4.69, 9.17) is 4.98 Å². The normalized spacial score (nSPS) is 12.0. The number of nitrogens with one attached hydrogen (secondary N) is 2. The van der Waals surface area contributed by atoms with Gasteiger partial charge in [-0.1, -0.05) is 36.4 Å². The molecule has 0 saturated carbocycles. The molecule has 26 heavy (non-hydrogen) atoms. The van der Waals surface area contributed by atoms with Crippen molar-refractivity contribution in [2.45, 2.75) is 13.0 Å². The first-order valence-corrected chi connectivity index (χ1v) is 8.43. The van der Waals surface area contributed by atoms with Gasteiger partial charge in [-0.25, -0.2) is 4.98 Å². The highest BCUT2D eigenvalue weighted by Crippen LogP contribution is 2.23. The molecule has 0 bridgehead atoms. The number of amides is 1. The SMILES string of the molecule is Cc1ccc2nc(C(NC(=O)c3cccnc3)c3ccccc3)[nH]c2c1. The molecule has 0 aliphatic heterocycles. The molecule has 0 fully saturated rings. The highest BCUT2D eigenvalue weighted by molar-refractivity contribution is 5.94. The Kier molecular flexibility index (Phi) is 4.19. The van der Waals surface area contributed by atoms with Crippen molar-refractivity contribution in [3.05, 3.63) is 95.6 Å². The topological polar surface area (TPSA) is 70.7 Å². The Morgan fingerprint density at radius 1 is 1.08 bits per heavy atom. The van der Waals surface area contributed by atoms with Crippen molar-refractivity contribution in [2.24, 2.45) is 0 Å². The predicted octanol–water partition coefficient (Wildman–Crippen LogP) is 3.79. The molecule has 2 heterocycles. The Bertz CT molecular complexity index is 1040. The third kappa shape index (κ3) is 3.19. The van der Waals surface area contributed by atoms with Gasteiger partial charge in [0.15, 0.2) is 0 Å². The van der Waals surface area contributed by atoms with Crippen LogP contribution in [0.5, 0.6) is 0 Å². The Balaban J connectivity index is 1.74. The van der Waals surface area contributed by atoms with Crippen LogP contribution >= 0.6 is 0 Å². The largest absolute Gasteiger partial charge is 0.340 e. The number of carbonyl (C=O) groups is 1. The number of hydrogen-bond acceptors (Lipinski definition) is 3. The second kappa shape index (κ2) is 6.80. The van der Waals surface area contributed by atoms with E-state index >= 15 is 0 Å². The molecule has 4 rings (SSSR count). The van der Waals surface area contributed by atoms with Gasteiger partial charge in [-0.05, 0) is 42.3 Å². The molecule has 5 heteroatoms. The van der Waals surface area contributed by atoms with Crippen molar-refractivity contribution in [2.75, 3.05) is 0 Å². The number of pyridine rings is 1. The maximum Gasteiger partial charge on any atom is 0.253 e. The summed E-state index contributed by atoms with van der Waals surface area (Å²) in [6.07, 6.45) is 3.20. The van der Waals surface area contributed by atoms with Crippen molar-refractivity contribution in [3.63, 3.8) is 0 Å². The van der Waals surface area contributed by atoms with Gasteiger partial charge in [0, 0.05) is 12.4 Å². The number of fused-ring (bicyclic) bond motifs is 1. The number of aryl methyl sites for hydroxylation is 1. The quantitative estimate of drug-likeness (QED) is 0.593. The monoisotopic (exact) mass is 342 g/mol. The van der Waals surface area contributed by atoms with E-state index in [9.17, 15) is 4.79 Å². The van der Waals surface area contributed by atoms with E-state index in [0.29, 0.717) is 11.4 Å². The summed E-state index contributed by atoms with van der Waals surface area (Å²) in [7, 11) is 0. The van der Waals surface area contributed by atoms with Crippen molar-refractivity contribution in [1.29, 1.82) is 0 Å². The molecule has 0 aliphatic carbocycles. The molecule has 0 aliphatic rings. The van der Waals surface area contributed by atoms with E-state index in [0.717, 1.165) is 22.2 Å². The van der Waals surface area contributed by atoms with Crippen LogP contribution in [-0.2, 0) is 0 Å². The van der Waals surface area contributed by atoms with Gasteiger partial charge < -0.3 is 10.3 Å². The fourth-order valence-electron chi connectivity index (χ4n) is 2.95. The van der Waals surface area contributed by atoms with Gasteiger partial charge in [0.05, 0.1) is 16.6 Å². The fraction of sp³-hybridized carbons (Fsp3) is 0.0952. The van der Waals surface area contributed by atoms with Crippen molar-refractivity contribution in [3.8, 4) is 0 Å². The van der Waals surface area contributed by atoms with Crippen LogP contribution in [0.2, 0.25) is 0 Å². The van der Waals surface area contributed by atoms with Crippen LogP contribution < -0.4 is 5.32 Å². The third-order valence-corrected chi connectivity index (χ3v) is 4.26. The number of nitrogens with zero attached hydrogens (tertiary/aromatic N) is 2. The summed E-state index contributed by atoms with van der Waals surface area (Å²) in [5.74, 6) is 0.512. The van der Waals surface area contributed by atoms with E-state index < -0.39 is 0 Å². The lowest BCUT2D eigenvalue weighted by Crippen LogP contribution is -2.30. The summed E-state index contributed by atoms with van der Waals surface area (Å²) in [4.78, 5) is 24.7. The Morgan fingerprint density at radius 2 is 1.92 bits per heavy atom. The van der Waals surface area contributed by atoms with Crippen LogP contribution in [0.3, 0.4) is 0 Å². The zero-order chi connectivity index (χ0) is 17.9. The minimum atomic E-state index is -0.378. The van der Waals surface area contributed by atoms with E-state index in [2.05, 4.69) is 21.4 Å². The Labute approximate surface area is 151 Å². The molecule has 0 saturated heterocycles. The summed E-state index contributed by atoms with van der Waals surface area (Å²) >= 11 is 0. The van der Waals surface area contributed by atoms with E-state index in [1.54, 1.807) is 24.5 Å². The van der Waals surface area contributed by atoms with Gasteiger partial charge in [-0.15, -0.1) is 0 Å². The fourth-order valence-corrected chi connectivity index (χ4v) is 2.95. The number of aromatic nitrogens is 3. The second-order valence-corrected chi connectivity index (χ2v) is 6.20. The molecule has 1 atom stereocenters. The first kappa shape index (κ1) is 16.0. The average Bonchev–Trinajstić information content (AvgIpc) is 3.10.